The van der Waals surface area contributed by atoms with Crippen molar-refractivity contribution in [2.24, 2.45) is 0 Å². The SMILES string of the molecule is COc1c(-c2cc(C(=O)O)[nH]n2)cc(Cl)c(F)c1OC. The minimum absolute atomic E-state index is 0.0813. The summed E-state index contributed by atoms with van der Waals surface area (Å²) in [6.07, 6.45) is 0. The lowest BCUT2D eigenvalue weighted by Crippen LogP contribution is -1.97. The number of nitrogens with one attached hydrogen (secondary N) is 1. The first-order valence-electron chi connectivity index (χ1n) is 5.38. The first-order chi connectivity index (χ1) is 9.49. The highest BCUT2D eigenvalue weighted by Crippen LogP contribution is 2.42. The lowest BCUT2D eigenvalue weighted by atomic mass is 10.1. The van der Waals surface area contributed by atoms with Crippen molar-refractivity contribution in [1.29, 1.82) is 0 Å². The average molecular weight is 301 g/mol. The molecule has 0 atom stereocenters. The lowest BCUT2D eigenvalue weighted by molar-refractivity contribution is 0.0690. The predicted octanol–water partition coefficient (Wildman–Crippen LogP) is 2.58. The fourth-order valence-corrected chi connectivity index (χ4v) is 1.93. The van der Waals surface area contributed by atoms with Crippen LogP contribution in [0.3, 0.4) is 0 Å². The van der Waals surface area contributed by atoms with Gasteiger partial charge in [0.15, 0.2) is 17.3 Å². The zero-order chi connectivity index (χ0) is 14.9. The number of hydrogen-bond acceptors (Lipinski definition) is 4. The van der Waals surface area contributed by atoms with Crippen molar-refractivity contribution < 1.29 is 23.8 Å². The largest absolute Gasteiger partial charge is 0.492 e. The van der Waals surface area contributed by atoms with Gasteiger partial charge in [0.1, 0.15) is 5.69 Å². The molecule has 6 nitrogen and oxygen atoms in total. The Morgan fingerprint density at radius 1 is 1.35 bits per heavy atom. The van der Waals surface area contributed by atoms with Crippen LogP contribution in [0.1, 0.15) is 10.5 Å². The number of aromatic amines is 1. The van der Waals surface area contributed by atoms with E-state index in [1.807, 2.05) is 0 Å². The molecule has 106 valence electrons. The number of carbonyl (C=O) groups is 1. The lowest BCUT2D eigenvalue weighted by Gasteiger charge is -2.13. The molecule has 0 saturated heterocycles. The van der Waals surface area contributed by atoms with Gasteiger partial charge in [0.05, 0.1) is 24.9 Å². The van der Waals surface area contributed by atoms with Crippen LogP contribution in [-0.2, 0) is 0 Å². The molecule has 0 bridgehead atoms. The Balaban J connectivity index is 2.66. The number of methoxy groups -OCH3 is 2. The Hall–Kier alpha value is -2.28. The zero-order valence-corrected chi connectivity index (χ0v) is 11.3. The minimum Gasteiger partial charge on any atom is -0.492 e. The molecular formula is C12H10ClFN2O4. The van der Waals surface area contributed by atoms with Gasteiger partial charge in [0, 0.05) is 5.56 Å². The zero-order valence-electron chi connectivity index (χ0n) is 10.5. The number of carboxylic acids is 1. The number of hydrogen-bond donors (Lipinski definition) is 2. The van der Waals surface area contributed by atoms with Crippen LogP contribution in [0.25, 0.3) is 11.3 Å². The van der Waals surface area contributed by atoms with Crippen LogP contribution in [0.4, 0.5) is 4.39 Å². The van der Waals surface area contributed by atoms with Crippen molar-refractivity contribution in [1.82, 2.24) is 10.2 Å². The van der Waals surface area contributed by atoms with Crippen LogP contribution in [0, 0.1) is 5.82 Å². The molecule has 8 heteroatoms. The minimum atomic E-state index is -1.16. The number of rotatable bonds is 4. The summed E-state index contributed by atoms with van der Waals surface area (Å²) in [5.41, 5.74) is 0.459. The summed E-state index contributed by atoms with van der Waals surface area (Å²) in [6.45, 7) is 0. The molecule has 0 aliphatic carbocycles. The molecule has 2 aromatic rings. The van der Waals surface area contributed by atoms with Gasteiger partial charge < -0.3 is 14.6 Å². The third-order valence-electron chi connectivity index (χ3n) is 2.62. The quantitative estimate of drug-likeness (QED) is 0.906. The molecule has 0 aliphatic rings. The molecule has 2 N–H and O–H groups in total. The predicted molar refractivity (Wildman–Crippen MR) is 69.1 cm³/mol. The van der Waals surface area contributed by atoms with Gasteiger partial charge in [-0.15, -0.1) is 0 Å². The standard InChI is InChI=1S/C12H10ClFN2O4/c1-19-10-5(3-6(13)9(14)11(10)20-2)7-4-8(12(17)18)16-15-7/h3-4H,1-2H3,(H,15,16)(H,17,18). The monoisotopic (exact) mass is 300 g/mol. The molecule has 1 aromatic carbocycles. The van der Waals surface area contributed by atoms with Crippen LogP contribution >= 0.6 is 11.6 Å². The molecule has 0 unspecified atom stereocenters. The number of benzene rings is 1. The van der Waals surface area contributed by atoms with Gasteiger partial charge in [-0.25, -0.2) is 9.18 Å². The Bertz CT molecular complexity index is 672. The van der Waals surface area contributed by atoms with E-state index in [1.54, 1.807) is 0 Å². The summed E-state index contributed by atoms with van der Waals surface area (Å²) >= 11 is 5.78. The highest BCUT2D eigenvalue weighted by molar-refractivity contribution is 6.31. The molecule has 0 radical (unpaired) electrons. The Kier molecular flexibility index (Phi) is 3.80. The van der Waals surface area contributed by atoms with Gasteiger partial charge in [-0.05, 0) is 12.1 Å². The van der Waals surface area contributed by atoms with E-state index in [0.717, 1.165) is 0 Å². The number of ether oxygens (including phenoxy) is 2. The van der Waals surface area contributed by atoms with Gasteiger partial charge in [-0.3, -0.25) is 5.10 Å². The second-order valence-electron chi connectivity index (χ2n) is 3.76. The Morgan fingerprint density at radius 3 is 2.50 bits per heavy atom. The maximum atomic E-state index is 13.8. The van der Waals surface area contributed by atoms with E-state index in [4.69, 9.17) is 26.2 Å². The van der Waals surface area contributed by atoms with E-state index < -0.39 is 11.8 Å². The van der Waals surface area contributed by atoms with E-state index >= 15 is 0 Å². The van der Waals surface area contributed by atoms with E-state index in [0.29, 0.717) is 5.56 Å². The fourth-order valence-electron chi connectivity index (χ4n) is 1.73. The van der Waals surface area contributed by atoms with Crippen molar-refractivity contribution >= 4 is 17.6 Å². The van der Waals surface area contributed by atoms with E-state index in [1.165, 1.54) is 26.4 Å². The van der Waals surface area contributed by atoms with Gasteiger partial charge >= 0.3 is 5.97 Å². The van der Waals surface area contributed by atoms with E-state index in [9.17, 15) is 9.18 Å². The van der Waals surface area contributed by atoms with Crippen LogP contribution in [0.2, 0.25) is 5.02 Å². The second-order valence-corrected chi connectivity index (χ2v) is 4.17. The summed E-state index contributed by atoms with van der Waals surface area (Å²) < 4.78 is 23.8. The third kappa shape index (κ3) is 2.27. The van der Waals surface area contributed by atoms with Crippen molar-refractivity contribution in [3.63, 3.8) is 0 Å². The fraction of sp³-hybridized carbons (Fsp3) is 0.167. The van der Waals surface area contributed by atoms with Crippen LogP contribution in [0.15, 0.2) is 12.1 Å². The smallest absolute Gasteiger partial charge is 0.353 e. The normalized spacial score (nSPS) is 10.4. The molecule has 2 rings (SSSR count). The van der Waals surface area contributed by atoms with Gasteiger partial charge in [-0.2, -0.15) is 5.10 Å². The Morgan fingerprint density at radius 2 is 2.00 bits per heavy atom. The number of aromatic carboxylic acids is 1. The maximum Gasteiger partial charge on any atom is 0.353 e. The highest BCUT2D eigenvalue weighted by atomic mass is 35.5. The summed E-state index contributed by atoms with van der Waals surface area (Å²) in [7, 11) is 2.60. The highest BCUT2D eigenvalue weighted by Gasteiger charge is 2.22. The van der Waals surface area contributed by atoms with Crippen molar-refractivity contribution in [2.45, 2.75) is 0 Å². The van der Waals surface area contributed by atoms with Gasteiger partial charge in [-0.1, -0.05) is 11.6 Å². The molecule has 20 heavy (non-hydrogen) atoms. The van der Waals surface area contributed by atoms with Gasteiger partial charge in [0.25, 0.3) is 0 Å². The van der Waals surface area contributed by atoms with Crippen LogP contribution < -0.4 is 9.47 Å². The topological polar surface area (TPSA) is 84.4 Å². The van der Waals surface area contributed by atoms with Crippen molar-refractivity contribution in [2.75, 3.05) is 14.2 Å². The van der Waals surface area contributed by atoms with E-state index in [-0.39, 0.29) is 27.9 Å². The summed E-state index contributed by atoms with van der Waals surface area (Å²) in [5, 5.41) is 14.9. The molecule has 1 aromatic heterocycles. The molecular weight excluding hydrogens is 291 g/mol. The third-order valence-corrected chi connectivity index (χ3v) is 2.90. The summed E-state index contributed by atoms with van der Waals surface area (Å²) in [6, 6.07) is 2.58. The maximum absolute atomic E-state index is 13.8. The first kappa shape index (κ1) is 14.1. The summed E-state index contributed by atoms with van der Waals surface area (Å²) in [4.78, 5) is 10.8. The average Bonchev–Trinajstić information content (AvgIpc) is 2.90. The molecule has 0 spiro atoms. The number of nitrogens with zero attached hydrogens (tertiary/aromatic N) is 1. The summed E-state index contributed by atoms with van der Waals surface area (Å²) in [5.74, 6) is -2.01. The van der Waals surface area contributed by atoms with Crippen LogP contribution in [-0.4, -0.2) is 35.5 Å². The van der Waals surface area contributed by atoms with E-state index in [2.05, 4.69) is 10.2 Å². The number of halogens is 2. The van der Waals surface area contributed by atoms with Crippen molar-refractivity contribution in [3.8, 4) is 22.8 Å². The van der Waals surface area contributed by atoms with Crippen molar-refractivity contribution in [3.05, 3.63) is 28.7 Å². The number of carboxylic acid groups (broad SMARTS) is 1. The first-order valence-corrected chi connectivity index (χ1v) is 5.76. The number of H-pyrrole nitrogens is 1. The molecule has 0 fully saturated rings. The molecule has 0 amide bonds. The number of aromatic nitrogens is 2. The molecule has 0 aliphatic heterocycles. The van der Waals surface area contributed by atoms with Crippen LogP contribution in [0.5, 0.6) is 11.5 Å². The Labute approximate surface area is 118 Å². The van der Waals surface area contributed by atoms with Gasteiger partial charge in [0.2, 0.25) is 0 Å². The molecule has 0 saturated carbocycles. The molecule has 1 heterocycles. The second kappa shape index (κ2) is 5.38.